The maximum atomic E-state index is 13.1. The molecule has 1 aliphatic rings. The molecule has 156 valence electrons. The van der Waals surface area contributed by atoms with Gasteiger partial charge < -0.3 is 10.2 Å². The van der Waals surface area contributed by atoms with Gasteiger partial charge in [-0.2, -0.15) is 21.6 Å². The van der Waals surface area contributed by atoms with Crippen LogP contribution in [0.4, 0.5) is 18.9 Å². The molecular formula is C19H18F3NO5S. The van der Waals surface area contributed by atoms with Crippen molar-refractivity contribution in [2.75, 3.05) is 10.8 Å². The zero-order valence-electron chi connectivity index (χ0n) is 15.5. The van der Waals surface area contributed by atoms with Crippen LogP contribution in [0.5, 0.6) is 0 Å². The van der Waals surface area contributed by atoms with E-state index in [4.69, 9.17) is 0 Å². The highest BCUT2D eigenvalue weighted by Gasteiger charge is 2.52. The number of halogens is 3. The first-order valence-corrected chi connectivity index (χ1v) is 10.0. The lowest BCUT2D eigenvalue weighted by molar-refractivity contribution is -0.146. The molecule has 0 aliphatic carbocycles. The maximum absolute atomic E-state index is 13.1. The zero-order chi connectivity index (χ0) is 21.7. The second-order valence-corrected chi connectivity index (χ2v) is 8.71. The lowest BCUT2D eigenvalue weighted by Gasteiger charge is -2.24. The molecule has 2 N–H and O–H groups in total. The first kappa shape index (κ1) is 21.1. The number of hydrogen-bond donors (Lipinski definition) is 2. The molecule has 1 aliphatic heterocycles. The fourth-order valence-electron chi connectivity index (χ4n) is 3.57. The van der Waals surface area contributed by atoms with Crippen LogP contribution in [0.15, 0.2) is 30.3 Å². The van der Waals surface area contributed by atoms with E-state index < -0.39 is 34.1 Å². The Morgan fingerprint density at radius 3 is 2.28 bits per heavy atom. The summed E-state index contributed by atoms with van der Waals surface area (Å²) in [5, 5.41) is 19.6. The van der Waals surface area contributed by atoms with Gasteiger partial charge in [-0.15, -0.1) is 0 Å². The van der Waals surface area contributed by atoms with Crippen LogP contribution >= 0.6 is 0 Å². The molecule has 0 fully saturated rings. The summed E-state index contributed by atoms with van der Waals surface area (Å²) in [7, 11) is -5.61. The summed E-state index contributed by atoms with van der Waals surface area (Å²) in [5.41, 5.74) is -3.53. The first-order chi connectivity index (χ1) is 13.4. The molecule has 0 saturated carbocycles. The van der Waals surface area contributed by atoms with Gasteiger partial charge in [0.15, 0.2) is 6.10 Å². The zero-order valence-corrected chi connectivity index (χ0v) is 16.3. The van der Waals surface area contributed by atoms with Crippen LogP contribution in [0.3, 0.4) is 0 Å². The number of carbonyl (C=O) groups is 1. The molecule has 3 rings (SSSR count). The molecule has 0 bridgehead atoms. The number of benzene rings is 2. The van der Waals surface area contributed by atoms with Crippen molar-refractivity contribution in [3.05, 3.63) is 52.6 Å². The number of fused-ring (bicyclic) bond motifs is 1. The fourth-order valence-corrected chi connectivity index (χ4v) is 4.57. The van der Waals surface area contributed by atoms with Gasteiger partial charge in [-0.25, -0.2) is 4.79 Å². The van der Waals surface area contributed by atoms with Crippen LogP contribution in [0, 0.1) is 13.8 Å². The number of rotatable bonds is 4. The van der Waals surface area contributed by atoms with Gasteiger partial charge in [0.25, 0.3) is 0 Å². The molecule has 0 spiro atoms. The number of aliphatic hydroxyl groups excluding tert-OH is 1. The van der Waals surface area contributed by atoms with Gasteiger partial charge in [-0.05, 0) is 48.6 Å². The summed E-state index contributed by atoms with van der Waals surface area (Å²) >= 11 is 0. The number of nitrogens with zero attached hydrogens (tertiary/aromatic N) is 1. The molecule has 0 amide bonds. The molecule has 0 saturated heterocycles. The minimum absolute atomic E-state index is 0.0337. The van der Waals surface area contributed by atoms with Crippen molar-refractivity contribution >= 4 is 21.7 Å². The van der Waals surface area contributed by atoms with Crippen molar-refractivity contribution in [1.82, 2.24) is 0 Å². The van der Waals surface area contributed by atoms with Gasteiger partial charge in [-0.3, -0.25) is 4.31 Å². The van der Waals surface area contributed by atoms with Gasteiger partial charge in [0, 0.05) is 12.1 Å². The number of aliphatic carboxylic acids is 1. The van der Waals surface area contributed by atoms with E-state index in [1.165, 1.54) is 13.0 Å². The van der Waals surface area contributed by atoms with E-state index in [-0.39, 0.29) is 34.4 Å². The number of carboxylic acids is 1. The molecular weight excluding hydrogens is 411 g/mol. The highest BCUT2D eigenvalue weighted by Crippen LogP contribution is 2.45. The molecule has 1 heterocycles. The summed E-state index contributed by atoms with van der Waals surface area (Å²) < 4.78 is 63.6. The van der Waals surface area contributed by atoms with E-state index in [1.807, 2.05) is 6.92 Å². The third-order valence-corrected chi connectivity index (χ3v) is 6.47. The van der Waals surface area contributed by atoms with E-state index in [9.17, 15) is 36.6 Å². The van der Waals surface area contributed by atoms with Crippen molar-refractivity contribution in [1.29, 1.82) is 0 Å². The summed E-state index contributed by atoms with van der Waals surface area (Å²) in [6.07, 6.45) is -1.96. The molecule has 6 nitrogen and oxygen atoms in total. The van der Waals surface area contributed by atoms with Crippen LogP contribution in [0.2, 0.25) is 0 Å². The Labute approximate surface area is 165 Å². The predicted molar refractivity (Wildman–Crippen MR) is 100.0 cm³/mol. The first-order valence-electron chi connectivity index (χ1n) is 8.59. The van der Waals surface area contributed by atoms with Gasteiger partial charge in [0.2, 0.25) is 0 Å². The van der Waals surface area contributed by atoms with Crippen LogP contribution in [0.25, 0.3) is 11.1 Å². The van der Waals surface area contributed by atoms with Gasteiger partial charge >= 0.3 is 21.5 Å². The minimum Gasteiger partial charge on any atom is -0.479 e. The average molecular weight is 429 g/mol. The van der Waals surface area contributed by atoms with Crippen molar-refractivity contribution < 1.29 is 36.6 Å². The normalized spacial score (nSPS) is 15.3. The second kappa shape index (κ2) is 7.03. The number of aryl methyl sites for hydroxylation is 2. The van der Waals surface area contributed by atoms with Gasteiger partial charge in [0.1, 0.15) is 0 Å². The van der Waals surface area contributed by atoms with E-state index in [0.717, 1.165) is 5.56 Å². The maximum Gasteiger partial charge on any atom is 0.516 e. The molecule has 10 heteroatoms. The lowest BCUT2D eigenvalue weighted by atomic mass is 9.87. The number of sulfonamides is 1. The molecule has 0 radical (unpaired) electrons. The highest BCUT2D eigenvalue weighted by molar-refractivity contribution is 7.93. The quantitative estimate of drug-likeness (QED) is 0.778. The molecule has 0 aromatic heterocycles. The van der Waals surface area contributed by atoms with Crippen LogP contribution in [0.1, 0.15) is 28.4 Å². The molecule has 2 aromatic carbocycles. The van der Waals surface area contributed by atoms with E-state index in [1.54, 1.807) is 24.3 Å². The largest absolute Gasteiger partial charge is 0.516 e. The molecule has 29 heavy (non-hydrogen) atoms. The topological polar surface area (TPSA) is 94.9 Å². The Morgan fingerprint density at radius 1 is 1.17 bits per heavy atom. The third kappa shape index (κ3) is 3.46. The predicted octanol–water partition coefficient (Wildman–Crippen LogP) is 3.30. The van der Waals surface area contributed by atoms with Crippen LogP contribution < -0.4 is 4.31 Å². The number of carboxylic acid groups (broad SMARTS) is 1. The SMILES string of the molecule is Cc1ccc(-c2c3c(cc(C)c2C(O)C(=O)O)N(S(=O)(=O)C(F)(F)F)CC3)cc1. The minimum atomic E-state index is -5.61. The van der Waals surface area contributed by atoms with Crippen LogP contribution in [-0.4, -0.2) is 36.7 Å². The monoisotopic (exact) mass is 429 g/mol. The number of hydrogen-bond acceptors (Lipinski definition) is 4. The second-order valence-electron chi connectivity index (χ2n) is 6.86. The van der Waals surface area contributed by atoms with E-state index in [2.05, 4.69) is 0 Å². The van der Waals surface area contributed by atoms with Crippen LogP contribution in [-0.2, 0) is 21.2 Å². The number of alkyl halides is 3. The summed E-state index contributed by atoms with van der Waals surface area (Å²) in [5.74, 6) is -1.51. The Morgan fingerprint density at radius 2 is 1.76 bits per heavy atom. The standard InChI is InChI=1S/C19H18F3NO5S/c1-10-3-5-12(6-4-10)16-13-7-8-23(29(27,28)19(20,21)22)14(13)9-11(2)15(16)17(24)18(25)26/h3-6,9,17,24H,7-8H2,1-2H3,(H,25,26). The summed E-state index contributed by atoms with van der Waals surface area (Å²) in [6.45, 7) is 2.83. The number of anilines is 1. The summed E-state index contributed by atoms with van der Waals surface area (Å²) in [4.78, 5) is 11.4. The van der Waals surface area contributed by atoms with Crippen molar-refractivity contribution in [3.63, 3.8) is 0 Å². The van der Waals surface area contributed by atoms with E-state index in [0.29, 0.717) is 9.87 Å². The van der Waals surface area contributed by atoms with E-state index >= 15 is 0 Å². The summed E-state index contributed by atoms with van der Waals surface area (Å²) in [6, 6.07) is 7.97. The Kier molecular flexibility index (Phi) is 5.12. The smallest absolute Gasteiger partial charge is 0.479 e. The Balaban J connectivity index is 2.33. The fraction of sp³-hybridized carbons (Fsp3) is 0.316. The number of aliphatic hydroxyl groups is 1. The molecule has 1 unspecified atom stereocenters. The lowest BCUT2D eigenvalue weighted by Crippen LogP contribution is -2.39. The molecule has 2 aromatic rings. The molecule has 1 atom stereocenters. The third-order valence-electron chi connectivity index (χ3n) is 4.92. The van der Waals surface area contributed by atoms with Gasteiger partial charge in [-0.1, -0.05) is 29.8 Å². The van der Waals surface area contributed by atoms with Crippen molar-refractivity contribution in [2.45, 2.75) is 31.9 Å². The Bertz CT molecular complexity index is 1080. The highest BCUT2D eigenvalue weighted by atomic mass is 32.2. The van der Waals surface area contributed by atoms with Crippen molar-refractivity contribution in [2.24, 2.45) is 0 Å². The average Bonchev–Trinajstić information content (AvgIpc) is 3.03. The van der Waals surface area contributed by atoms with Crippen molar-refractivity contribution in [3.8, 4) is 11.1 Å². The Hall–Kier alpha value is -2.59. The van der Waals surface area contributed by atoms with Gasteiger partial charge in [0.05, 0.1) is 5.69 Å².